The lowest BCUT2D eigenvalue weighted by Gasteiger charge is -2.38. The molecule has 0 heterocycles. The molecule has 0 saturated carbocycles. The fourth-order valence-electron chi connectivity index (χ4n) is 3.56. The molecule has 0 bridgehead atoms. The molecule has 0 aromatic heterocycles. The Morgan fingerprint density at radius 1 is 1.00 bits per heavy atom. The summed E-state index contributed by atoms with van der Waals surface area (Å²) in [6.07, 6.45) is 15.3. The molecule has 0 amide bonds. The highest BCUT2D eigenvalue weighted by atomic mass is 32.1. The van der Waals surface area contributed by atoms with Crippen molar-refractivity contribution in [1.82, 2.24) is 5.32 Å². The lowest BCUT2D eigenvalue weighted by atomic mass is 9.75. The van der Waals surface area contributed by atoms with Gasteiger partial charge in [0.25, 0.3) is 0 Å². The van der Waals surface area contributed by atoms with Crippen LogP contribution in [-0.2, 0) is 5.54 Å². The van der Waals surface area contributed by atoms with Gasteiger partial charge in [-0.1, -0.05) is 97.1 Å². The maximum absolute atomic E-state index is 4.44. The number of benzene rings is 2. The highest BCUT2D eigenvalue weighted by Gasteiger charge is 2.36. The molecule has 138 valence electrons. The number of nitrogens with one attached hydrogen (secondary N) is 1. The van der Waals surface area contributed by atoms with Crippen LogP contribution in [0.1, 0.15) is 30.9 Å². The molecule has 3 rings (SSSR count). The molecule has 1 aliphatic carbocycles. The first kappa shape index (κ1) is 19.5. The zero-order valence-corrected chi connectivity index (χ0v) is 16.7. The second kappa shape index (κ2) is 9.59. The predicted molar refractivity (Wildman–Crippen MR) is 120 cm³/mol. The summed E-state index contributed by atoms with van der Waals surface area (Å²) in [5.74, 6) is 0. The van der Waals surface area contributed by atoms with Gasteiger partial charge in [0.15, 0.2) is 0 Å². The van der Waals surface area contributed by atoms with E-state index in [-0.39, 0.29) is 5.54 Å². The van der Waals surface area contributed by atoms with Crippen LogP contribution >= 0.6 is 12.6 Å². The van der Waals surface area contributed by atoms with E-state index >= 15 is 0 Å². The summed E-state index contributed by atoms with van der Waals surface area (Å²) in [7, 11) is 0. The van der Waals surface area contributed by atoms with Crippen LogP contribution in [0.2, 0.25) is 0 Å². The van der Waals surface area contributed by atoms with Gasteiger partial charge in [-0.15, -0.1) is 12.6 Å². The van der Waals surface area contributed by atoms with Crippen LogP contribution in [0.5, 0.6) is 0 Å². The second-order valence-corrected chi connectivity index (χ2v) is 7.13. The minimum atomic E-state index is -0.379. The minimum Gasteiger partial charge on any atom is -0.296 e. The number of hydrogen-bond acceptors (Lipinski definition) is 2. The molecule has 0 aliphatic heterocycles. The smallest absolute Gasteiger partial charge is 0.0947 e. The number of hydrogen-bond donors (Lipinski definition) is 2. The van der Waals surface area contributed by atoms with Crippen molar-refractivity contribution >= 4 is 12.6 Å². The Balaban J connectivity index is 2.09. The summed E-state index contributed by atoms with van der Waals surface area (Å²) in [5.41, 5.74) is 3.42. The molecule has 2 heteroatoms. The van der Waals surface area contributed by atoms with Crippen LogP contribution in [-0.4, -0.2) is 6.54 Å². The molecule has 1 aliphatic rings. The molecule has 0 radical (unpaired) electrons. The first-order chi connectivity index (χ1) is 13.3. The van der Waals surface area contributed by atoms with Crippen LogP contribution in [0.3, 0.4) is 0 Å². The molecule has 2 aromatic carbocycles. The van der Waals surface area contributed by atoms with E-state index in [1.165, 1.54) is 16.7 Å². The van der Waals surface area contributed by atoms with Crippen molar-refractivity contribution in [3.8, 4) is 0 Å². The van der Waals surface area contributed by atoms with E-state index in [1.54, 1.807) is 0 Å². The van der Waals surface area contributed by atoms with Gasteiger partial charge in [0.05, 0.1) is 5.54 Å². The molecule has 0 spiro atoms. The third-order valence-corrected chi connectivity index (χ3v) is 5.32. The van der Waals surface area contributed by atoms with Gasteiger partial charge in [-0.05, 0) is 41.4 Å². The number of allylic oxidation sites excluding steroid dienone is 4. The summed E-state index contributed by atoms with van der Waals surface area (Å²) in [6, 6.07) is 21.4. The monoisotopic (exact) mass is 373 g/mol. The maximum Gasteiger partial charge on any atom is 0.0947 e. The summed E-state index contributed by atoms with van der Waals surface area (Å²) in [4.78, 5) is 0.971. The molecule has 27 heavy (non-hydrogen) atoms. The van der Waals surface area contributed by atoms with Crippen LogP contribution < -0.4 is 5.32 Å². The Morgan fingerprint density at radius 2 is 1.63 bits per heavy atom. The summed E-state index contributed by atoms with van der Waals surface area (Å²) < 4.78 is 0. The fraction of sp³-hybridized carbons (Fsp3) is 0.200. The van der Waals surface area contributed by atoms with Crippen molar-refractivity contribution in [2.24, 2.45) is 0 Å². The quantitative estimate of drug-likeness (QED) is 0.436. The minimum absolute atomic E-state index is 0.379. The van der Waals surface area contributed by atoms with E-state index in [9.17, 15) is 0 Å². The standard InChI is InChI=1S/C25H27NS/c1-2-24(27)19-12-20-26-25(21-13-6-3-7-14-21,22-15-8-4-9-16-22)23-17-10-5-11-18-23/h2-4,6-10,12-19,26-27H,5,11,20H2,1H3/b19-12-,24-2+. The second-order valence-electron chi connectivity index (χ2n) is 6.62. The lowest BCUT2D eigenvalue weighted by molar-refractivity contribution is 0.496. The Kier molecular flexibility index (Phi) is 6.92. The van der Waals surface area contributed by atoms with Crippen molar-refractivity contribution in [3.05, 3.63) is 119 Å². The van der Waals surface area contributed by atoms with Crippen LogP contribution in [0.15, 0.2) is 108 Å². The molecular weight excluding hydrogens is 346 g/mol. The third kappa shape index (κ3) is 4.52. The van der Waals surface area contributed by atoms with E-state index in [2.05, 4.69) is 103 Å². The van der Waals surface area contributed by atoms with E-state index in [4.69, 9.17) is 0 Å². The largest absolute Gasteiger partial charge is 0.296 e. The van der Waals surface area contributed by atoms with Gasteiger partial charge in [0.1, 0.15) is 0 Å². The van der Waals surface area contributed by atoms with Crippen LogP contribution in [0, 0.1) is 0 Å². The van der Waals surface area contributed by atoms with Gasteiger partial charge in [0, 0.05) is 6.54 Å². The zero-order valence-electron chi connectivity index (χ0n) is 15.8. The fourth-order valence-corrected chi connectivity index (χ4v) is 3.67. The Morgan fingerprint density at radius 3 is 2.15 bits per heavy atom. The van der Waals surface area contributed by atoms with E-state index in [0.29, 0.717) is 0 Å². The van der Waals surface area contributed by atoms with Gasteiger partial charge >= 0.3 is 0 Å². The Hall–Kier alpha value is -2.29. The van der Waals surface area contributed by atoms with Crippen molar-refractivity contribution in [1.29, 1.82) is 0 Å². The first-order valence-electron chi connectivity index (χ1n) is 9.52. The van der Waals surface area contributed by atoms with Crippen LogP contribution in [0.25, 0.3) is 0 Å². The SMILES string of the molecule is C/C=C(S)\C=C/CNC(C1=CCCC=C1)(c1ccccc1)c1ccccc1. The van der Waals surface area contributed by atoms with Crippen molar-refractivity contribution in [2.75, 3.05) is 6.54 Å². The van der Waals surface area contributed by atoms with Gasteiger partial charge in [-0.25, -0.2) is 0 Å². The Bertz CT molecular complexity index is 805. The summed E-state index contributed by atoms with van der Waals surface area (Å²) >= 11 is 4.44. The zero-order chi connectivity index (χ0) is 19.0. The highest BCUT2D eigenvalue weighted by Crippen LogP contribution is 2.39. The predicted octanol–water partition coefficient (Wildman–Crippen LogP) is 6.19. The van der Waals surface area contributed by atoms with E-state index < -0.39 is 0 Å². The molecule has 0 unspecified atom stereocenters. The highest BCUT2D eigenvalue weighted by molar-refractivity contribution is 7.84. The van der Waals surface area contributed by atoms with E-state index in [1.807, 2.05) is 19.1 Å². The molecule has 1 N–H and O–H groups in total. The van der Waals surface area contributed by atoms with Gasteiger partial charge in [0.2, 0.25) is 0 Å². The maximum atomic E-state index is 4.44. The van der Waals surface area contributed by atoms with Gasteiger partial charge in [-0.3, -0.25) is 5.32 Å². The topological polar surface area (TPSA) is 12.0 Å². The Labute approximate surface area is 168 Å². The number of thiol groups is 1. The van der Waals surface area contributed by atoms with Crippen molar-refractivity contribution in [2.45, 2.75) is 25.3 Å². The molecule has 1 nitrogen and oxygen atoms in total. The number of rotatable bonds is 7. The van der Waals surface area contributed by atoms with Crippen molar-refractivity contribution in [3.63, 3.8) is 0 Å². The molecule has 0 saturated heterocycles. The molecule has 0 fully saturated rings. The summed E-state index contributed by atoms with van der Waals surface area (Å²) in [6.45, 7) is 2.74. The first-order valence-corrected chi connectivity index (χ1v) is 9.97. The molecule has 0 atom stereocenters. The average Bonchev–Trinajstić information content (AvgIpc) is 2.75. The lowest BCUT2D eigenvalue weighted by Crippen LogP contribution is -2.45. The molecular formula is C25H27NS. The third-order valence-electron chi connectivity index (χ3n) is 4.91. The van der Waals surface area contributed by atoms with Crippen LogP contribution in [0.4, 0.5) is 0 Å². The summed E-state index contributed by atoms with van der Waals surface area (Å²) in [5, 5.41) is 3.85. The van der Waals surface area contributed by atoms with E-state index in [0.717, 1.165) is 24.3 Å². The van der Waals surface area contributed by atoms with Gasteiger partial charge < -0.3 is 0 Å². The average molecular weight is 374 g/mol. The van der Waals surface area contributed by atoms with Crippen molar-refractivity contribution < 1.29 is 0 Å². The molecule has 2 aromatic rings. The van der Waals surface area contributed by atoms with Gasteiger partial charge in [-0.2, -0.15) is 0 Å². The normalized spacial score (nSPS) is 15.2.